The summed E-state index contributed by atoms with van der Waals surface area (Å²) in [5, 5.41) is 13.7. The number of hydrogen-bond donors (Lipinski definition) is 1. The summed E-state index contributed by atoms with van der Waals surface area (Å²) in [6.07, 6.45) is 4.65. The largest absolute Gasteiger partial charge is 0.488 e. The Morgan fingerprint density at radius 2 is 1.95 bits per heavy atom. The molecule has 214 valence electrons. The normalized spacial score (nSPS) is 14.8. The molecule has 3 aromatic carbocycles. The molecule has 0 unspecified atom stereocenters. The third-order valence-electron chi connectivity index (χ3n) is 7.61. The highest BCUT2D eigenvalue weighted by Gasteiger charge is 2.33. The van der Waals surface area contributed by atoms with E-state index >= 15 is 0 Å². The zero-order valence-electron chi connectivity index (χ0n) is 23.7. The van der Waals surface area contributed by atoms with Crippen LogP contribution in [0.25, 0.3) is 0 Å². The number of ether oxygens (including phenoxy) is 1. The second-order valence-corrected chi connectivity index (χ2v) is 13.8. The van der Waals surface area contributed by atoms with Crippen LogP contribution in [0, 0.1) is 22.7 Å². The molecule has 1 N–H and O–H groups in total. The molecule has 1 atom stereocenters. The van der Waals surface area contributed by atoms with Gasteiger partial charge in [-0.1, -0.05) is 50.6 Å². The molecule has 5 nitrogen and oxygen atoms in total. The van der Waals surface area contributed by atoms with Gasteiger partial charge >= 0.3 is 0 Å². The number of benzene rings is 3. The summed E-state index contributed by atoms with van der Waals surface area (Å²) in [6.45, 7) is 7.16. The number of nitrogens with zero attached hydrogens (tertiary/aromatic N) is 2. The van der Waals surface area contributed by atoms with Crippen LogP contribution in [0.5, 0.6) is 5.75 Å². The monoisotopic (exact) mass is 659 g/mol. The number of nitriles is 1. The van der Waals surface area contributed by atoms with Crippen molar-refractivity contribution in [3.05, 3.63) is 109 Å². The quantitative estimate of drug-likeness (QED) is 0.201. The van der Waals surface area contributed by atoms with E-state index < -0.39 is 0 Å². The molecular weight excluding hydrogens is 630 g/mol. The summed E-state index contributed by atoms with van der Waals surface area (Å²) in [7, 11) is 0. The highest BCUT2D eigenvalue weighted by molar-refractivity contribution is 9.10. The Morgan fingerprint density at radius 3 is 2.67 bits per heavy atom. The number of halogens is 2. The Balaban J connectivity index is 1.39. The molecule has 0 aliphatic heterocycles. The van der Waals surface area contributed by atoms with Crippen molar-refractivity contribution >= 4 is 61.7 Å². The number of amides is 1. The molecular formula is C34H31BrClN3O2S. The minimum absolute atomic E-state index is 0.154. The Hall–Kier alpha value is -3.44. The predicted octanol–water partition coefficient (Wildman–Crippen LogP) is 9.77. The summed E-state index contributed by atoms with van der Waals surface area (Å²) < 4.78 is 6.77. The number of thiophene rings is 1. The number of carbonyl (C=O) groups excluding carboxylic acids is 1. The smallest absolute Gasteiger partial charge is 0.259 e. The van der Waals surface area contributed by atoms with E-state index in [0.717, 1.165) is 40.4 Å². The van der Waals surface area contributed by atoms with Crippen molar-refractivity contribution in [1.29, 1.82) is 5.26 Å². The molecule has 0 bridgehead atoms. The number of aliphatic imine (C=N–C) groups is 1. The topological polar surface area (TPSA) is 74.5 Å². The van der Waals surface area contributed by atoms with E-state index in [-0.39, 0.29) is 17.9 Å². The minimum atomic E-state index is -0.154. The van der Waals surface area contributed by atoms with E-state index in [1.165, 1.54) is 4.88 Å². The van der Waals surface area contributed by atoms with Crippen LogP contribution in [0.3, 0.4) is 0 Å². The summed E-state index contributed by atoms with van der Waals surface area (Å²) in [5.74, 6) is 1.07. The van der Waals surface area contributed by atoms with Gasteiger partial charge in [0.05, 0.1) is 21.7 Å². The molecule has 1 aliphatic carbocycles. The van der Waals surface area contributed by atoms with E-state index in [0.29, 0.717) is 38.5 Å². The van der Waals surface area contributed by atoms with Gasteiger partial charge in [-0.15, -0.1) is 11.3 Å². The van der Waals surface area contributed by atoms with Gasteiger partial charge in [-0.3, -0.25) is 4.79 Å². The lowest BCUT2D eigenvalue weighted by Gasteiger charge is -2.33. The van der Waals surface area contributed by atoms with E-state index in [2.05, 4.69) is 48.1 Å². The summed E-state index contributed by atoms with van der Waals surface area (Å²) in [4.78, 5) is 19.7. The third-order valence-corrected chi connectivity index (χ3v) is 9.64. The first-order valence-electron chi connectivity index (χ1n) is 13.8. The highest BCUT2D eigenvalue weighted by Crippen LogP contribution is 2.45. The minimum Gasteiger partial charge on any atom is -0.488 e. The molecule has 0 spiro atoms. The summed E-state index contributed by atoms with van der Waals surface area (Å²) in [6, 6.07) is 22.5. The summed E-state index contributed by atoms with van der Waals surface area (Å²) >= 11 is 11.3. The van der Waals surface area contributed by atoms with Crippen molar-refractivity contribution in [1.82, 2.24) is 0 Å². The van der Waals surface area contributed by atoms with Gasteiger partial charge < -0.3 is 10.1 Å². The van der Waals surface area contributed by atoms with Crippen molar-refractivity contribution in [2.24, 2.45) is 16.3 Å². The van der Waals surface area contributed by atoms with Crippen molar-refractivity contribution in [2.75, 3.05) is 5.32 Å². The zero-order valence-corrected chi connectivity index (χ0v) is 26.9. The number of nitrogens with one attached hydrogen (secondary N) is 1. The first-order valence-corrected chi connectivity index (χ1v) is 15.8. The number of carbonyl (C=O) groups is 1. The fraction of sp³-hybridized carbons (Fsp3) is 0.265. The number of hydrogen-bond acceptors (Lipinski definition) is 5. The first kappa shape index (κ1) is 30.0. The lowest BCUT2D eigenvalue weighted by atomic mass is 9.72. The second-order valence-electron chi connectivity index (χ2n) is 11.5. The second kappa shape index (κ2) is 12.8. The SMILES string of the molecule is CC(C)(C)[C@@H]1CCc2c(sc(N=Cc3ccc(OCc4ccccc4C#N)c(Br)c3)c2C(=O)Nc2ccc(Cl)cc2)C1. The van der Waals surface area contributed by atoms with Gasteiger partial charge in [0.2, 0.25) is 0 Å². The number of fused-ring (bicyclic) bond motifs is 1. The maximum atomic E-state index is 13.6. The molecule has 0 saturated heterocycles. The average Bonchev–Trinajstić information content (AvgIpc) is 3.34. The van der Waals surface area contributed by atoms with Gasteiger partial charge in [-0.05, 0) is 106 Å². The molecule has 8 heteroatoms. The molecule has 0 fully saturated rings. The first-order chi connectivity index (χ1) is 20.1. The molecule has 4 aromatic rings. The van der Waals surface area contributed by atoms with Gasteiger partial charge in [0.1, 0.15) is 17.4 Å². The Morgan fingerprint density at radius 1 is 1.19 bits per heavy atom. The molecule has 1 aromatic heterocycles. The molecule has 0 radical (unpaired) electrons. The van der Waals surface area contributed by atoms with Crippen LogP contribution in [0.2, 0.25) is 5.02 Å². The van der Waals surface area contributed by atoms with Gasteiger partial charge in [-0.2, -0.15) is 5.26 Å². The molecule has 1 aliphatic rings. The molecule has 1 heterocycles. The van der Waals surface area contributed by atoms with Crippen molar-refractivity contribution < 1.29 is 9.53 Å². The van der Waals surface area contributed by atoms with Crippen molar-refractivity contribution in [3.8, 4) is 11.8 Å². The highest BCUT2D eigenvalue weighted by atomic mass is 79.9. The standard InChI is InChI=1S/C34H31BrClN3O2S/c1-34(2,3)24-9-14-27-30(17-24)42-33(31(27)32(40)39-26-12-10-25(36)11-13-26)38-19-21-8-15-29(28(35)16-21)41-20-23-7-5-4-6-22(23)18-37/h4-8,10-13,15-16,19,24H,9,14,17,20H2,1-3H3,(H,39,40)/t24-/m1/s1. The average molecular weight is 661 g/mol. The Kier molecular flexibility index (Phi) is 9.17. The van der Waals surface area contributed by atoms with Crippen LogP contribution >= 0.6 is 38.9 Å². The van der Waals surface area contributed by atoms with Crippen molar-refractivity contribution in [2.45, 2.75) is 46.6 Å². The molecule has 1 amide bonds. The van der Waals surface area contributed by atoms with Crippen LogP contribution < -0.4 is 10.1 Å². The van der Waals surface area contributed by atoms with Gasteiger partial charge in [-0.25, -0.2) is 4.99 Å². The van der Waals surface area contributed by atoms with Crippen LogP contribution in [0.1, 0.15) is 64.7 Å². The fourth-order valence-electron chi connectivity index (χ4n) is 5.12. The van der Waals surface area contributed by atoms with Crippen LogP contribution in [-0.4, -0.2) is 12.1 Å². The maximum absolute atomic E-state index is 13.6. The third kappa shape index (κ3) is 6.95. The lowest BCUT2D eigenvalue weighted by Crippen LogP contribution is -2.27. The van der Waals surface area contributed by atoms with E-state index in [1.807, 2.05) is 36.4 Å². The predicted molar refractivity (Wildman–Crippen MR) is 176 cm³/mol. The van der Waals surface area contributed by atoms with Crippen LogP contribution in [0.15, 0.2) is 76.2 Å². The van der Waals surface area contributed by atoms with E-state index in [9.17, 15) is 10.1 Å². The van der Waals surface area contributed by atoms with Gasteiger partial charge in [0, 0.05) is 27.4 Å². The Labute approximate surface area is 264 Å². The van der Waals surface area contributed by atoms with Gasteiger partial charge in [0.25, 0.3) is 5.91 Å². The molecule has 0 saturated carbocycles. The number of rotatable bonds is 7. The Bertz CT molecular complexity index is 1680. The molecule has 42 heavy (non-hydrogen) atoms. The van der Waals surface area contributed by atoms with Crippen LogP contribution in [-0.2, 0) is 19.4 Å². The lowest BCUT2D eigenvalue weighted by molar-refractivity contribution is 0.102. The number of anilines is 1. The van der Waals surface area contributed by atoms with Gasteiger partial charge in [0.15, 0.2) is 0 Å². The maximum Gasteiger partial charge on any atom is 0.259 e. The van der Waals surface area contributed by atoms with E-state index in [1.54, 1.807) is 47.9 Å². The molecule has 5 rings (SSSR count). The van der Waals surface area contributed by atoms with Crippen molar-refractivity contribution in [3.63, 3.8) is 0 Å². The zero-order chi connectivity index (χ0) is 29.9. The fourth-order valence-corrected chi connectivity index (χ4v) is 7.03. The van der Waals surface area contributed by atoms with Crippen LogP contribution in [0.4, 0.5) is 10.7 Å². The van der Waals surface area contributed by atoms with E-state index in [4.69, 9.17) is 21.3 Å². The summed E-state index contributed by atoms with van der Waals surface area (Å²) in [5.41, 5.74) is 4.96.